The van der Waals surface area contributed by atoms with Gasteiger partial charge in [-0.2, -0.15) is 0 Å². The zero-order chi connectivity index (χ0) is 11.7. The van der Waals surface area contributed by atoms with E-state index in [1.165, 1.54) is 7.11 Å². The third-order valence-electron chi connectivity index (χ3n) is 2.18. The van der Waals surface area contributed by atoms with Crippen LogP contribution in [0.2, 0.25) is 0 Å². The zero-order valence-electron chi connectivity index (χ0n) is 8.28. The maximum atomic E-state index is 11.6. The highest BCUT2D eigenvalue weighted by Gasteiger charge is 2.21. The summed E-state index contributed by atoms with van der Waals surface area (Å²) in [7, 11) is 1.26. The molecule has 0 aliphatic carbocycles. The first-order valence-electron chi connectivity index (χ1n) is 4.38. The Morgan fingerprint density at radius 3 is 3.00 bits per heavy atom. The van der Waals surface area contributed by atoms with E-state index < -0.39 is 5.97 Å². The van der Waals surface area contributed by atoms with Gasteiger partial charge >= 0.3 is 5.97 Å². The van der Waals surface area contributed by atoms with Crippen molar-refractivity contribution in [1.82, 2.24) is 9.97 Å². The van der Waals surface area contributed by atoms with E-state index in [-0.39, 0.29) is 11.3 Å². The SMILES string of the molecule is COC(=O)c1c(C=O)[nH]c2nccc(Br)c12. The summed E-state index contributed by atoms with van der Waals surface area (Å²) in [5.41, 5.74) is 0.839. The Kier molecular flexibility index (Phi) is 2.74. The van der Waals surface area contributed by atoms with Gasteiger partial charge in [0.05, 0.1) is 18.4 Å². The fourth-order valence-corrected chi connectivity index (χ4v) is 2.00. The van der Waals surface area contributed by atoms with E-state index in [1.54, 1.807) is 12.3 Å². The third kappa shape index (κ3) is 1.51. The molecule has 0 aromatic carbocycles. The fourth-order valence-electron chi connectivity index (χ4n) is 1.50. The van der Waals surface area contributed by atoms with E-state index >= 15 is 0 Å². The number of nitrogens with one attached hydrogen (secondary N) is 1. The normalized spacial score (nSPS) is 10.4. The molecule has 0 spiro atoms. The van der Waals surface area contributed by atoms with Gasteiger partial charge in [0.1, 0.15) is 5.65 Å². The molecule has 0 unspecified atom stereocenters. The number of carbonyl (C=O) groups is 2. The minimum Gasteiger partial charge on any atom is -0.465 e. The molecule has 0 bridgehead atoms. The van der Waals surface area contributed by atoms with Crippen LogP contribution in [-0.2, 0) is 4.74 Å². The molecule has 2 heterocycles. The van der Waals surface area contributed by atoms with Gasteiger partial charge in [0.25, 0.3) is 0 Å². The molecule has 0 atom stereocenters. The molecular formula is C10H7BrN2O3. The standard InChI is InChI=1S/C10H7BrN2O3/c1-16-10(15)8-6(4-14)13-9-7(8)5(11)2-3-12-9/h2-4H,1H3,(H,12,13). The van der Waals surface area contributed by atoms with Crippen LogP contribution in [0.15, 0.2) is 16.7 Å². The van der Waals surface area contributed by atoms with E-state index in [4.69, 9.17) is 0 Å². The number of fused-ring (bicyclic) bond motifs is 1. The number of aromatic nitrogens is 2. The number of methoxy groups -OCH3 is 1. The summed E-state index contributed by atoms with van der Waals surface area (Å²) in [5.74, 6) is -0.568. The molecule has 1 N–H and O–H groups in total. The molecule has 0 saturated carbocycles. The molecule has 0 amide bonds. The Hall–Kier alpha value is -1.69. The van der Waals surface area contributed by atoms with Crippen LogP contribution < -0.4 is 0 Å². The van der Waals surface area contributed by atoms with Crippen LogP contribution in [0.4, 0.5) is 0 Å². The topological polar surface area (TPSA) is 72.1 Å². The number of pyridine rings is 1. The Morgan fingerprint density at radius 2 is 2.38 bits per heavy atom. The second-order valence-corrected chi connectivity index (χ2v) is 3.89. The molecule has 0 radical (unpaired) electrons. The van der Waals surface area contributed by atoms with Gasteiger partial charge in [0.15, 0.2) is 6.29 Å². The predicted molar refractivity (Wildman–Crippen MR) is 60.5 cm³/mol. The monoisotopic (exact) mass is 282 g/mol. The molecular weight excluding hydrogens is 276 g/mol. The molecule has 82 valence electrons. The first-order chi connectivity index (χ1) is 7.69. The molecule has 0 fully saturated rings. The number of hydrogen-bond donors (Lipinski definition) is 1. The van der Waals surface area contributed by atoms with E-state index in [2.05, 4.69) is 30.6 Å². The Balaban J connectivity index is 2.86. The first-order valence-corrected chi connectivity index (χ1v) is 5.18. The van der Waals surface area contributed by atoms with Crippen LogP contribution in [0.1, 0.15) is 20.8 Å². The summed E-state index contributed by atoms with van der Waals surface area (Å²) in [5, 5.41) is 0.552. The van der Waals surface area contributed by atoms with Crippen molar-refractivity contribution in [2.45, 2.75) is 0 Å². The molecule has 2 rings (SSSR count). The van der Waals surface area contributed by atoms with Crippen molar-refractivity contribution >= 4 is 39.2 Å². The predicted octanol–water partition coefficient (Wildman–Crippen LogP) is 1.92. The fraction of sp³-hybridized carbons (Fsp3) is 0.100. The summed E-state index contributed by atoms with van der Waals surface area (Å²) in [4.78, 5) is 29.2. The number of aldehydes is 1. The molecule has 2 aromatic rings. The van der Waals surface area contributed by atoms with Crippen LogP contribution in [0, 0.1) is 0 Å². The molecule has 0 aliphatic heterocycles. The minimum absolute atomic E-state index is 0.168. The van der Waals surface area contributed by atoms with E-state index in [0.29, 0.717) is 21.8 Å². The number of nitrogens with zero attached hydrogens (tertiary/aromatic N) is 1. The highest BCUT2D eigenvalue weighted by atomic mass is 79.9. The molecule has 0 aliphatic rings. The van der Waals surface area contributed by atoms with Gasteiger partial charge in [0.2, 0.25) is 0 Å². The number of halogens is 1. The maximum absolute atomic E-state index is 11.6. The third-order valence-corrected chi connectivity index (χ3v) is 2.84. The van der Waals surface area contributed by atoms with Crippen molar-refractivity contribution < 1.29 is 14.3 Å². The maximum Gasteiger partial charge on any atom is 0.340 e. The lowest BCUT2D eigenvalue weighted by Gasteiger charge is -1.99. The average molecular weight is 283 g/mol. The molecule has 5 nitrogen and oxygen atoms in total. The largest absolute Gasteiger partial charge is 0.465 e. The van der Waals surface area contributed by atoms with Gasteiger partial charge in [-0.3, -0.25) is 4.79 Å². The minimum atomic E-state index is -0.568. The van der Waals surface area contributed by atoms with Crippen LogP contribution in [0.25, 0.3) is 11.0 Å². The second-order valence-electron chi connectivity index (χ2n) is 3.04. The zero-order valence-corrected chi connectivity index (χ0v) is 9.87. The quantitative estimate of drug-likeness (QED) is 0.675. The Morgan fingerprint density at radius 1 is 1.62 bits per heavy atom. The van der Waals surface area contributed by atoms with Gasteiger partial charge < -0.3 is 9.72 Å². The lowest BCUT2D eigenvalue weighted by molar-refractivity contribution is 0.0600. The van der Waals surface area contributed by atoms with Crippen molar-refractivity contribution in [3.63, 3.8) is 0 Å². The first kappa shape index (κ1) is 10.8. The highest BCUT2D eigenvalue weighted by Crippen LogP contribution is 2.28. The number of esters is 1. The van der Waals surface area contributed by atoms with E-state index in [1.807, 2.05) is 0 Å². The lowest BCUT2D eigenvalue weighted by atomic mass is 10.2. The van der Waals surface area contributed by atoms with Crippen molar-refractivity contribution in [2.24, 2.45) is 0 Å². The van der Waals surface area contributed by atoms with Gasteiger partial charge in [-0.25, -0.2) is 9.78 Å². The van der Waals surface area contributed by atoms with Crippen LogP contribution >= 0.6 is 15.9 Å². The van der Waals surface area contributed by atoms with Crippen molar-refractivity contribution in [3.05, 3.63) is 28.0 Å². The van der Waals surface area contributed by atoms with Crippen LogP contribution in [0.5, 0.6) is 0 Å². The van der Waals surface area contributed by atoms with Crippen LogP contribution in [-0.4, -0.2) is 29.3 Å². The number of ether oxygens (including phenoxy) is 1. The second kappa shape index (κ2) is 4.05. The van der Waals surface area contributed by atoms with Crippen molar-refractivity contribution in [2.75, 3.05) is 7.11 Å². The summed E-state index contributed by atoms with van der Waals surface area (Å²) in [6.07, 6.45) is 2.14. The number of hydrogen-bond acceptors (Lipinski definition) is 4. The number of carbonyl (C=O) groups excluding carboxylic acids is 2. The Bertz CT molecular complexity index is 577. The molecule has 0 saturated heterocycles. The Labute approximate surface area is 98.9 Å². The van der Waals surface area contributed by atoms with E-state index in [9.17, 15) is 9.59 Å². The summed E-state index contributed by atoms with van der Waals surface area (Å²) in [6, 6.07) is 1.69. The van der Waals surface area contributed by atoms with E-state index in [0.717, 1.165) is 0 Å². The number of H-pyrrole nitrogens is 1. The summed E-state index contributed by atoms with van der Waals surface area (Å²) < 4.78 is 5.32. The van der Waals surface area contributed by atoms with Gasteiger partial charge in [-0.05, 0) is 22.0 Å². The summed E-state index contributed by atoms with van der Waals surface area (Å²) in [6.45, 7) is 0. The average Bonchev–Trinajstić information content (AvgIpc) is 2.68. The van der Waals surface area contributed by atoms with Gasteiger partial charge in [-0.15, -0.1) is 0 Å². The molecule has 6 heteroatoms. The summed E-state index contributed by atoms with van der Waals surface area (Å²) >= 11 is 3.30. The van der Waals surface area contributed by atoms with Crippen LogP contribution in [0.3, 0.4) is 0 Å². The number of rotatable bonds is 2. The molecule has 16 heavy (non-hydrogen) atoms. The molecule has 2 aromatic heterocycles. The highest BCUT2D eigenvalue weighted by molar-refractivity contribution is 9.10. The van der Waals surface area contributed by atoms with Crippen molar-refractivity contribution in [1.29, 1.82) is 0 Å². The van der Waals surface area contributed by atoms with Crippen molar-refractivity contribution in [3.8, 4) is 0 Å². The van der Waals surface area contributed by atoms with Gasteiger partial charge in [-0.1, -0.05) is 0 Å². The lowest BCUT2D eigenvalue weighted by Crippen LogP contribution is -2.03. The number of aromatic amines is 1. The van der Waals surface area contributed by atoms with Gasteiger partial charge in [0, 0.05) is 16.1 Å². The smallest absolute Gasteiger partial charge is 0.340 e.